The number of aromatic nitrogens is 3. The molecule has 0 radical (unpaired) electrons. The van der Waals surface area contributed by atoms with Gasteiger partial charge in [0.15, 0.2) is 17.5 Å². The van der Waals surface area contributed by atoms with Gasteiger partial charge in [0.1, 0.15) is 5.69 Å². The molecule has 0 aliphatic carbocycles. The average molecular weight is 382 g/mol. The van der Waals surface area contributed by atoms with Gasteiger partial charge in [0.2, 0.25) is 0 Å². The number of nitrogens with one attached hydrogen (secondary N) is 2. The summed E-state index contributed by atoms with van der Waals surface area (Å²) in [4.78, 5) is 24.8. The molecule has 0 saturated heterocycles. The molecular formula is C16H14F4N6O. The Morgan fingerprint density at radius 3 is 2.67 bits per heavy atom. The van der Waals surface area contributed by atoms with E-state index in [-0.39, 0.29) is 13.1 Å². The summed E-state index contributed by atoms with van der Waals surface area (Å²) in [6.07, 6.45) is -0.563. The SMILES string of the molecule is C=C(F)C(=O)NCC1CN(c2ccc(C(F)(F)F)nc2)c2nccnc2N1. The molecule has 1 aliphatic rings. The molecule has 27 heavy (non-hydrogen) atoms. The lowest BCUT2D eigenvalue weighted by Gasteiger charge is -2.35. The van der Waals surface area contributed by atoms with Crippen LogP contribution in [0.25, 0.3) is 0 Å². The lowest BCUT2D eigenvalue weighted by atomic mass is 10.2. The number of carbonyl (C=O) groups is 1. The number of fused-ring (bicyclic) bond motifs is 1. The van der Waals surface area contributed by atoms with Crippen molar-refractivity contribution >= 4 is 23.2 Å². The van der Waals surface area contributed by atoms with E-state index >= 15 is 0 Å². The van der Waals surface area contributed by atoms with Gasteiger partial charge in [-0.2, -0.15) is 13.2 Å². The molecule has 0 aromatic carbocycles. The number of pyridine rings is 1. The van der Waals surface area contributed by atoms with Crippen molar-refractivity contribution in [2.45, 2.75) is 12.2 Å². The molecule has 0 fully saturated rings. The summed E-state index contributed by atoms with van der Waals surface area (Å²) < 4.78 is 51.0. The fourth-order valence-electron chi connectivity index (χ4n) is 2.54. The highest BCUT2D eigenvalue weighted by Gasteiger charge is 2.33. The first-order valence-electron chi connectivity index (χ1n) is 7.76. The number of anilines is 3. The first-order valence-corrected chi connectivity index (χ1v) is 7.76. The Morgan fingerprint density at radius 1 is 1.30 bits per heavy atom. The summed E-state index contributed by atoms with van der Waals surface area (Å²) in [7, 11) is 0. The van der Waals surface area contributed by atoms with E-state index in [4.69, 9.17) is 0 Å². The normalized spacial score (nSPS) is 16.3. The highest BCUT2D eigenvalue weighted by Crippen LogP contribution is 2.34. The number of carbonyl (C=O) groups excluding carboxylic acids is 1. The van der Waals surface area contributed by atoms with Crippen LogP contribution in [0.15, 0.2) is 43.1 Å². The molecule has 2 aromatic rings. The zero-order valence-corrected chi connectivity index (χ0v) is 13.8. The highest BCUT2D eigenvalue weighted by atomic mass is 19.4. The van der Waals surface area contributed by atoms with Crippen molar-refractivity contribution in [3.8, 4) is 0 Å². The van der Waals surface area contributed by atoms with Gasteiger partial charge in [0.25, 0.3) is 5.91 Å². The minimum atomic E-state index is -4.54. The third-order valence-corrected chi connectivity index (χ3v) is 3.78. The molecule has 1 atom stereocenters. The Hall–Kier alpha value is -3.24. The average Bonchev–Trinajstić information content (AvgIpc) is 2.64. The minimum absolute atomic E-state index is 0.0440. The van der Waals surface area contributed by atoms with Crippen LogP contribution in [0.5, 0.6) is 0 Å². The second kappa shape index (κ2) is 7.17. The summed E-state index contributed by atoms with van der Waals surface area (Å²) in [5, 5.41) is 5.41. The van der Waals surface area contributed by atoms with Crippen LogP contribution in [-0.2, 0) is 11.0 Å². The van der Waals surface area contributed by atoms with Gasteiger partial charge in [-0.15, -0.1) is 0 Å². The van der Waals surface area contributed by atoms with Crippen LogP contribution in [0, 0.1) is 0 Å². The molecule has 1 aliphatic heterocycles. The van der Waals surface area contributed by atoms with Crippen molar-refractivity contribution in [1.82, 2.24) is 20.3 Å². The maximum atomic E-state index is 12.8. The van der Waals surface area contributed by atoms with Gasteiger partial charge in [-0.05, 0) is 12.1 Å². The van der Waals surface area contributed by atoms with Gasteiger partial charge in [0, 0.05) is 25.5 Å². The molecule has 1 unspecified atom stereocenters. The zero-order valence-electron chi connectivity index (χ0n) is 13.8. The number of halogens is 4. The number of hydrogen-bond donors (Lipinski definition) is 2. The maximum Gasteiger partial charge on any atom is 0.433 e. The summed E-state index contributed by atoms with van der Waals surface area (Å²) in [5.74, 6) is -1.28. The molecule has 3 heterocycles. The monoisotopic (exact) mass is 382 g/mol. The van der Waals surface area contributed by atoms with Crippen molar-refractivity contribution < 1.29 is 22.4 Å². The Labute approximate surface area is 151 Å². The van der Waals surface area contributed by atoms with Crippen molar-refractivity contribution in [1.29, 1.82) is 0 Å². The largest absolute Gasteiger partial charge is 0.433 e. The van der Waals surface area contributed by atoms with Crippen molar-refractivity contribution in [3.63, 3.8) is 0 Å². The van der Waals surface area contributed by atoms with Gasteiger partial charge in [-0.25, -0.2) is 19.3 Å². The molecule has 7 nitrogen and oxygen atoms in total. The van der Waals surface area contributed by atoms with E-state index in [0.717, 1.165) is 12.3 Å². The van der Waals surface area contributed by atoms with E-state index in [2.05, 4.69) is 32.2 Å². The van der Waals surface area contributed by atoms with Crippen LogP contribution in [0.1, 0.15) is 5.69 Å². The molecule has 1 amide bonds. The van der Waals surface area contributed by atoms with Crippen molar-refractivity contribution in [2.24, 2.45) is 0 Å². The van der Waals surface area contributed by atoms with Crippen LogP contribution in [0.2, 0.25) is 0 Å². The maximum absolute atomic E-state index is 12.8. The summed E-state index contributed by atoms with van der Waals surface area (Å²) >= 11 is 0. The lowest BCUT2D eigenvalue weighted by molar-refractivity contribution is -0.141. The predicted molar refractivity (Wildman–Crippen MR) is 88.9 cm³/mol. The third-order valence-electron chi connectivity index (χ3n) is 3.78. The fraction of sp³-hybridized carbons (Fsp3) is 0.250. The quantitative estimate of drug-likeness (QED) is 0.624. The van der Waals surface area contributed by atoms with Crippen LogP contribution in [0.4, 0.5) is 34.9 Å². The van der Waals surface area contributed by atoms with E-state index in [9.17, 15) is 22.4 Å². The Balaban J connectivity index is 1.84. The molecule has 0 spiro atoms. The number of nitrogens with zero attached hydrogens (tertiary/aromatic N) is 4. The van der Waals surface area contributed by atoms with Crippen LogP contribution >= 0.6 is 0 Å². The molecular weight excluding hydrogens is 368 g/mol. The molecule has 142 valence electrons. The van der Waals surface area contributed by atoms with E-state index in [1.807, 2.05) is 0 Å². The van der Waals surface area contributed by atoms with Crippen LogP contribution in [-0.4, -0.2) is 40.0 Å². The van der Waals surface area contributed by atoms with E-state index in [0.29, 0.717) is 17.3 Å². The third kappa shape index (κ3) is 4.13. The van der Waals surface area contributed by atoms with Gasteiger partial charge < -0.3 is 15.5 Å². The first kappa shape index (κ1) is 18.5. The molecule has 11 heteroatoms. The number of amides is 1. The Bertz CT molecular complexity index is 855. The van der Waals surface area contributed by atoms with Gasteiger partial charge in [-0.1, -0.05) is 6.58 Å². The van der Waals surface area contributed by atoms with Gasteiger partial charge in [0.05, 0.1) is 17.9 Å². The Kier molecular flexibility index (Phi) is 4.93. The van der Waals surface area contributed by atoms with E-state index in [1.165, 1.54) is 18.5 Å². The summed E-state index contributed by atoms with van der Waals surface area (Å²) in [6, 6.07) is 1.75. The molecule has 0 bridgehead atoms. The topological polar surface area (TPSA) is 83.0 Å². The van der Waals surface area contributed by atoms with Crippen molar-refractivity contribution in [2.75, 3.05) is 23.3 Å². The van der Waals surface area contributed by atoms with Crippen LogP contribution in [0.3, 0.4) is 0 Å². The molecule has 2 aromatic heterocycles. The summed E-state index contributed by atoms with van der Waals surface area (Å²) in [6.45, 7) is 3.19. The van der Waals surface area contributed by atoms with Gasteiger partial charge >= 0.3 is 6.18 Å². The molecule has 2 N–H and O–H groups in total. The smallest absolute Gasteiger partial charge is 0.361 e. The first-order chi connectivity index (χ1) is 12.8. The predicted octanol–water partition coefficient (Wildman–Crippen LogP) is 2.42. The van der Waals surface area contributed by atoms with E-state index in [1.54, 1.807) is 4.90 Å². The number of hydrogen-bond acceptors (Lipinski definition) is 6. The van der Waals surface area contributed by atoms with Gasteiger partial charge in [-0.3, -0.25) is 4.79 Å². The number of alkyl halides is 3. The Morgan fingerprint density at radius 2 is 2.04 bits per heavy atom. The second-order valence-corrected chi connectivity index (χ2v) is 5.69. The lowest BCUT2D eigenvalue weighted by Crippen LogP contribution is -2.46. The molecule has 0 saturated carbocycles. The van der Waals surface area contributed by atoms with Crippen molar-refractivity contribution in [3.05, 3.63) is 48.8 Å². The minimum Gasteiger partial charge on any atom is -0.361 e. The van der Waals surface area contributed by atoms with Crippen LogP contribution < -0.4 is 15.5 Å². The standard InChI is InChI=1S/C16H14F4N6O/c1-9(17)15(27)24-6-10-8-26(14-13(25-10)21-4-5-22-14)11-2-3-12(23-7-11)16(18,19)20/h2-5,7,10H,1,6,8H2,(H,21,25)(H,24,27). The second-order valence-electron chi connectivity index (χ2n) is 5.69. The summed E-state index contributed by atoms with van der Waals surface area (Å²) in [5.41, 5.74) is -0.636. The fourth-order valence-corrected chi connectivity index (χ4v) is 2.54. The highest BCUT2D eigenvalue weighted by molar-refractivity contribution is 5.90. The molecule has 3 rings (SSSR count). The van der Waals surface area contributed by atoms with E-state index < -0.39 is 29.6 Å². The number of rotatable bonds is 4. The zero-order chi connectivity index (χ0) is 19.6.